The van der Waals surface area contributed by atoms with Crippen LogP contribution in [0.3, 0.4) is 0 Å². The molecule has 1 N–H and O–H groups in total. The molecule has 1 amide bonds. The van der Waals surface area contributed by atoms with Crippen molar-refractivity contribution in [2.75, 3.05) is 6.54 Å². The number of rotatable bonds is 33. The smallest absolute Gasteiger partial charge is 0.376 e. The van der Waals surface area contributed by atoms with E-state index < -0.39 is 6.09 Å². The van der Waals surface area contributed by atoms with Crippen molar-refractivity contribution in [3.8, 4) is 0 Å². The molecule has 4 nitrogen and oxygen atoms in total. The third-order valence-corrected chi connectivity index (χ3v) is 8.49. The van der Waals surface area contributed by atoms with E-state index in [1.54, 1.807) is 0 Å². The first-order valence-corrected chi connectivity index (χ1v) is 18.7. The predicted octanol–water partition coefficient (Wildman–Crippen LogP) is 12.8. The van der Waals surface area contributed by atoms with Crippen molar-refractivity contribution in [1.82, 2.24) is 5.32 Å². The van der Waals surface area contributed by atoms with E-state index in [2.05, 4.69) is 19.2 Å². The van der Waals surface area contributed by atoms with Gasteiger partial charge in [0.25, 0.3) is 0 Å². The molecule has 0 atom stereocenters. The quantitative estimate of drug-likeness (QED) is 0.0478. The van der Waals surface area contributed by atoms with Crippen LogP contribution in [0.15, 0.2) is 0 Å². The summed E-state index contributed by atoms with van der Waals surface area (Å²) >= 11 is 0. The topological polar surface area (TPSA) is 55.4 Å². The fourth-order valence-corrected chi connectivity index (χ4v) is 5.69. The molecule has 0 heterocycles. The Kier molecular flexibility index (Phi) is 34.2. The Bertz CT molecular complexity index is 536. The maximum Gasteiger partial charge on any atom is 0.414 e. The van der Waals surface area contributed by atoms with Gasteiger partial charge in [0.15, 0.2) is 0 Å². The van der Waals surface area contributed by atoms with Crippen LogP contribution in [0.4, 0.5) is 4.79 Å². The summed E-state index contributed by atoms with van der Waals surface area (Å²) in [6, 6.07) is 0. The Morgan fingerprint density at radius 2 is 0.659 bits per heavy atom. The SMILES string of the molecule is CCCCCCCCCCCCCCCCCCNC(=O)OC(=O)CCCCCCCCCCCCCCCCC. The minimum absolute atomic E-state index is 0.352. The summed E-state index contributed by atoms with van der Waals surface area (Å²) in [7, 11) is 0. The molecule has 0 aromatic carbocycles. The Hall–Kier alpha value is -1.06. The Morgan fingerprint density at radius 1 is 0.390 bits per heavy atom. The third-order valence-electron chi connectivity index (χ3n) is 8.49. The number of esters is 1. The maximum absolute atomic E-state index is 11.9. The van der Waals surface area contributed by atoms with Gasteiger partial charge in [-0.15, -0.1) is 0 Å². The number of hydrogen-bond acceptors (Lipinski definition) is 3. The normalized spacial score (nSPS) is 11.2. The summed E-state index contributed by atoms with van der Waals surface area (Å²) in [4.78, 5) is 23.7. The molecule has 0 rings (SSSR count). The molecule has 244 valence electrons. The molecule has 0 aliphatic heterocycles. The molecule has 0 saturated carbocycles. The van der Waals surface area contributed by atoms with Crippen LogP contribution in [0.5, 0.6) is 0 Å². The number of alkyl carbamates (subject to hydrolysis) is 1. The Morgan fingerprint density at radius 3 is 0.976 bits per heavy atom. The molecule has 41 heavy (non-hydrogen) atoms. The fourth-order valence-electron chi connectivity index (χ4n) is 5.69. The number of amides is 1. The van der Waals surface area contributed by atoms with Crippen LogP contribution in [-0.4, -0.2) is 18.6 Å². The number of ether oxygens (including phenoxy) is 1. The molecule has 0 spiro atoms. The van der Waals surface area contributed by atoms with Gasteiger partial charge in [0.2, 0.25) is 0 Å². The van der Waals surface area contributed by atoms with E-state index in [0.29, 0.717) is 13.0 Å². The van der Waals surface area contributed by atoms with E-state index in [0.717, 1.165) is 25.7 Å². The zero-order valence-corrected chi connectivity index (χ0v) is 28.1. The maximum atomic E-state index is 11.9. The van der Waals surface area contributed by atoms with Crippen molar-refractivity contribution in [3.05, 3.63) is 0 Å². The average Bonchev–Trinajstić information content (AvgIpc) is 2.96. The van der Waals surface area contributed by atoms with Gasteiger partial charge in [-0.05, 0) is 12.8 Å². The largest absolute Gasteiger partial charge is 0.414 e. The van der Waals surface area contributed by atoms with E-state index in [-0.39, 0.29) is 5.97 Å². The van der Waals surface area contributed by atoms with Crippen molar-refractivity contribution in [2.24, 2.45) is 0 Å². The lowest BCUT2D eigenvalue weighted by molar-refractivity contribution is -0.137. The second kappa shape index (κ2) is 35.1. The summed E-state index contributed by atoms with van der Waals surface area (Å²) in [5.74, 6) is -0.385. The van der Waals surface area contributed by atoms with Crippen LogP contribution in [0, 0.1) is 0 Å². The van der Waals surface area contributed by atoms with Crippen molar-refractivity contribution in [3.63, 3.8) is 0 Å². The van der Waals surface area contributed by atoms with E-state index in [9.17, 15) is 9.59 Å². The van der Waals surface area contributed by atoms with E-state index in [1.807, 2.05) is 0 Å². The highest BCUT2D eigenvalue weighted by atomic mass is 16.6. The van der Waals surface area contributed by atoms with Gasteiger partial charge in [-0.25, -0.2) is 4.79 Å². The molecule has 4 heteroatoms. The summed E-state index contributed by atoms with van der Waals surface area (Å²) in [6.45, 7) is 5.16. The number of hydrogen-bond donors (Lipinski definition) is 1. The van der Waals surface area contributed by atoms with Crippen molar-refractivity contribution >= 4 is 12.1 Å². The summed E-state index contributed by atoms with van der Waals surface area (Å²) < 4.78 is 4.91. The van der Waals surface area contributed by atoms with Gasteiger partial charge in [0, 0.05) is 13.0 Å². The minimum Gasteiger partial charge on any atom is -0.376 e. The Balaban J connectivity index is 3.27. The Labute approximate surface area is 257 Å². The number of nitrogens with one attached hydrogen (secondary N) is 1. The molecule has 0 aromatic rings. The highest BCUT2D eigenvalue weighted by Gasteiger charge is 2.09. The van der Waals surface area contributed by atoms with Gasteiger partial charge in [-0.1, -0.05) is 200 Å². The molecular formula is C37H73NO3. The van der Waals surface area contributed by atoms with Gasteiger partial charge in [-0.3, -0.25) is 4.79 Å². The molecule has 0 fully saturated rings. The summed E-state index contributed by atoms with van der Waals surface area (Å²) in [5, 5.41) is 2.74. The van der Waals surface area contributed by atoms with Crippen LogP contribution >= 0.6 is 0 Å². The zero-order valence-electron chi connectivity index (χ0n) is 28.1. The van der Waals surface area contributed by atoms with Crippen LogP contribution < -0.4 is 5.32 Å². The average molecular weight is 580 g/mol. The monoisotopic (exact) mass is 580 g/mol. The first-order chi connectivity index (χ1) is 20.2. The number of unbranched alkanes of at least 4 members (excludes halogenated alkanes) is 29. The summed E-state index contributed by atoms with van der Waals surface area (Å²) in [5.41, 5.74) is 0. The fraction of sp³-hybridized carbons (Fsp3) is 0.946. The van der Waals surface area contributed by atoms with Crippen molar-refractivity contribution in [2.45, 2.75) is 219 Å². The van der Waals surface area contributed by atoms with Crippen LogP contribution in [0.1, 0.15) is 219 Å². The first kappa shape index (κ1) is 39.9. The van der Waals surface area contributed by atoms with Crippen LogP contribution in [0.25, 0.3) is 0 Å². The van der Waals surface area contributed by atoms with Crippen molar-refractivity contribution in [1.29, 1.82) is 0 Å². The van der Waals surface area contributed by atoms with E-state index in [1.165, 1.54) is 173 Å². The van der Waals surface area contributed by atoms with Gasteiger partial charge >= 0.3 is 12.1 Å². The molecule has 0 aliphatic rings. The molecule has 0 aliphatic carbocycles. The lowest BCUT2D eigenvalue weighted by Crippen LogP contribution is -2.27. The lowest BCUT2D eigenvalue weighted by Gasteiger charge is -2.06. The standard InChI is InChI=1S/C37H73NO3/c1-3-5-7-9-11-13-15-17-19-21-23-25-27-29-31-33-35-38-37(40)41-36(39)34-32-30-28-26-24-22-20-18-16-14-12-10-8-6-4-2/h3-35H2,1-2H3,(H,38,40). The van der Waals surface area contributed by atoms with Gasteiger partial charge in [0.05, 0.1) is 0 Å². The lowest BCUT2D eigenvalue weighted by atomic mass is 10.0. The van der Waals surface area contributed by atoms with Gasteiger partial charge < -0.3 is 10.1 Å². The second-order valence-electron chi connectivity index (χ2n) is 12.7. The van der Waals surface area contributed by atoms with Gasteiger partial charge in [-0.2, -0.15) is 0 Å². The van der Waals surface area contributed by atoms with E-state index >= 15 is 0 Å². The highest BCUT2D eigenvalue weighted by molar-refractivity contribution is 5.84. The molecule has 0 bridgehead atoms. The zero-order chi connectivity index (χ0) is 29.9. The molecule has 0 saturated heterocycles. The van der Waals surface area contributed by atoms with E-state index in [4.69, 9.17) is 4.74 Å². The number of carbonyl (C=O) groups excluding carboxylic acids is 2. The molecule has 0 aromatic heterocycles. The first-order valence-electron chi connectivity index (χ1n) is 18.7. The number of carbonyl (C=O) groups is 2. The van der Waals surface area contributed by atoms with Crippen LogP contribution in [-0.2, 0) is 9.53 Å². The molecule has 0 unspecified atom stereocenters. The second-order valence-corrected chi connectivity index (χ2v) is 12.7. The van der Waals surface area contributed by atoms with Crippen LogP contribution in [0.2, 0.25) is 0 Å². The summed E-state index contributed by atoms with van der Waals surface area (Å²) in [6.07, 6.45) is 40.7. The minimum atomic E-state index is -0.572. The molecule has 0 radical (unpaired) electrons. The predicted molar refractivity (Wildman–Crippen MR) is 179 cm³/mol. The van der Waals surface area contributed by atoms with Crippen molar-refractivity contribution < 1.29 is 14.3 Å². The highest BCUT2D eigenvalue weighted by Crippen LogP contribution is 2.15. The molecular weight excluding hydrogens is 506 g/mol. The van der Waals surface area contributed by atoms with Gasteiger partial charge in [0.1, 0.15) is 0 Å². The third kappa shape index (κ3) is 35.0.